The molecule has 0 radical (unpaired) electrons. The summed E-state index contributed by atoms with van der Waals surface area (Å²) in [5.74, 6) is -0.201. The quantitative estimate of drug-likeness (QED) is 0.640. The van der Waals surface area contributed by atoms with Gasteiger partial charge >= 0.3 is 58.4 Å². The molecule has 6 heteroatoms. The maximum Gasteiger partial charge on any atom is 1.00 e. The number of rotatable bonds is 2. The third-order valence-electron chi connectivity index (χ3n) is 2.11. The number of pyridine rings is 1. The molecule has 0 aliphatic carbocycles. The Morgan fingerprint density at radius 3 is 2.13 bits per heavy atom. The van der Waals surface area contributed by atoms with Crippen LogP contribution in [-0.2, 0) is 0 Å². The van der Waals surface area contributed by atoms with Crippen LogP contribution in [0.3, 0.4) is 0 Å². The van der Waals surface area contributed by atoms with Crippen LogP contribution in [0.1, 0.15) is 31.0 Å². The van der Waals surface area contributed by atoms with Gasteiger partial charge in [-0.3, -0.25) is 4.98 Å². The summed E-state index contributed by atoms with van der Waals surface area (Å²) in [6.45, 7) is -0.0545. The fourth-order valence-electron chi connectivity index (χ4n) is 1.48. The number of hydrogen-bond donors (Lipinski definition) is 0. The molecule has 0 amide bonds. The molecule has 0 fully saturated rings. The fraction of sp³-hybridized carbons (Fsp3) is 0.444. The van der Waals surface area contributed by atoms with E-state index in [4.69, 9.17) is 0 Å². The number of nitrogens with zero attached hydrogens (tertiary/aromatic N) is 1. The van der Waals surface area contributed by atoms with Crippen molar-refractivity contribution in [3.63, 3.8) is 0 Å². The minimum Gasteiger partial charge on any atom is -0.445 e. The first kappa shape index (κ1) is 15.6. The van der Waals surface area contributed by atoms with Gasteiger partial charge in [0.1, 0.15) is 0 Å². The third-order valence-corrected chi connectivity index (χ3v) is 2.11. The maximum atomic E-state index is 12.7. The first-order valence-electron chi connectivity index (χ1n) is 4.49. The van der Waals surface area contributed by atoms with E-state index < -0.39 is 12.4 Å². The van der Waals surface area contributed by atoms with Crippen LogP contribution in [0.2, 0.25) is 0 Å². The first-order valence-corrected chi connectivity index (χ1v) is 4.49. The van der Waals surface area contributed by atoms with Gasteiger partial charge in [0, 0.05) is 11.9 Å². The molecule has 0 aromatic carbocycles. The summed E-state index contributed by atoms with van der Waals surface area (Å²) in [5, 5.41) is 0. The standard InChI is InChI=1S/C9H12BF3N.K/c1-6(2)9-8(10(11,12)13)7(3)4-5-14-9;/h4-6H,1-3H3;/q-1;+1. The average molecular weight is 241 g/mol. The van der Waals surface area contributed by atoms with Gasteiger partial charge in [-0.2, -0.15) is 0 Å². The van der Waals surface area contributed by atoms with E-state index in [2.05, 4.69) is 4.98 Å². The third kappa shape index (κ3) is 3.85. The van der Waals surface area contributed by atoms with Crippen molar-refractivity contribution in [2.24, 2.45) is 0 Å². The Balaban J connectivity index is 0.00000196. The summed E-state index contributed by atoms with van der Waals surface area (Å²) in [4.78, 5) is 3.80. The van der Waals surface area contributed by atoms with Crippen LogP contribution < -0.4 is 56.8 Å². The van der Waals surface area contributed by atoms with Gasteiger partial charge in [-0.15, -0.1) is 0 Å². The Morgan fingerprint density at radius 2 is 1.80 bits per heavy atom. The zero-order chi connectivity index (χ0) is 10.9. The van der Waals surface area contributed by atoms with Crippen LogP contribution in [0, 0.1) is 6.92 Å². The van der Waals surface area contributed by atoms with E-state index in [1.807, 2.05) is 0 Å². The van der Waals surface area contributed by atoms with Crippen LogP contribution >= 0.6 is 0 Å². The number of aromatic nitrogens is 1. The smallest absolute Gasteiger partial charge is 0.445 e. The minimum absolute atomic E-state index is 0. The van der Waals surface area contributed by atoms with Crippen LogP contribution in [-0.4, -0.2) is 12.0 Å². The largest absolute Gasteiger partial charge is 1.00 e. The first-order chi connectivity index (χ1) is 6.34. The van der Waals surface area contributed by atoms with Crippen molar-refractivity contribution in [1.82, 2.24) is 4.98 Å². The minimum atomic E-state index is -4.96. The molecule has 78 valence electrons. The molecule has 0 unspecified atom stereocenters. The van der Waals surface area contributed by atoms with E-state index in [1.165, 1.54) is 19.2 Å². The zero-order valence-corrected chi connectivity index (χ0v) is 12.5. The Bertz CT molecular complexity index is 339. The monoisotopic (exact) mass is 241 g/mol. The number of halogens is 3. The molecule has 1 aromatic heterocycles. The van der Waals surface area contributed by atoms with E-state index in [0.717, 1.165) is 0 Å². The van der Waals surface area contributed by atoms with Crippen molar-refractivity contribution in [3.05, 3.63) is 23.5 Å². The molecule has 0 aliphatic rings. The maximum absolute atomic E-state index is 12.7. The summed E-state index contributed by atoms with van der Waals surface area (Å²) < 4.78 is 38.1. The zero-order valence-electron chi connectivity index (χ0n) is 9.39. The second kappa shape index (κ2) is 5.82. The molecule has 1 aromatic rings. The van der Waals surface area contributed by atoms with Crippen LogP contribution in [0.4, 0.5) is 12.9 Å². The predicted molar refractivity (Wildman–Crippen MR) is 51.8 cm³/mol. The van der Waals surface area contributed by atoms with Crippen molar-refractivity contribution in [2.75, 3.05) is 0 Å². The van der Waals surface area contributed by atoms with Crippen molar-refractivity contribution in [2.45, 2.75) is 26.7 Å². The molecule has 1 rings (SSSR count). The van der Waals surface area contributed by atoms with Gasteiger partial charge in [-0.05, 0) is 18.9 Å². The Hall–Kier alpha value is 0.641. The SMILES string of the molecule is Cc1ccnc(C(C)C)c1[B-](F)(F)F.[K+]. The van der Waals surface area contributed by atoms with E-state index in [1.54, 1.807) is 13.8 Å². The molecule has 0 saturated heterocycles. The van der Waals surface area contributed by atoms with Gasteiger partial charge in [0.25, 0.3) is 0 Å². The van der Waals surface area contributed by atoms with Crippen LogP contribution in [0.25, 0.3) is 0 Å². The Labute approximate surface area is 130 Å². The van der Waals surface area contributed by atoms with Gasteiger partial charge in [-0.1, -0.05) is 24.9 Å². The predicted octanol–water partition coefficient (Wildman–Crippen LogP) is -0.428. The van der Waals surface area contributed by atoms with Crippen LogP contribution in [0.5, 0.6) is 0 Å². The number of aryl methyl sites for hydroxylation is 1. The van der Waals surface area contributed by atoms with E-state index in [9.17, 15) is 12.9 Å². The van der Waals surface area contributed by atoms with Gasteiger partial charge in [0.15, 0.2) is 0 Å². The summed E-state index contributed by atoms with van der Waals surface area (Å²) in [6, 6.07) is 1.40. The molecule has 1 heterocycles. The molecule has 0 atom stereocenters. The molecule has 1 nitrogen and oxygen atoms in total. The molecule has 0 spiro atoms. The van der Waals surface area contributed by atoms with E-state index >= 15 is 0 Å². The Kier molecular flexibility index (Phi) is 6.07. The molecular weight excluding hydrogens is 229 g/mol. The average Bonchev–Trinajstić information content (AvgIpc) is 2.01. The summed E-state index contributed by atoms with van der Waals surface area (Å²) in [5.41, 5.74) is -0.115. The van der Waals surface area contributed by atoms with Crippen molar-refractivity contribution >= 4 is 12.4 Å². The van der Waals surface area contributed by atoms with E-state index in [-0.39, 0.29) is 68.6 Å². The van der Waals surface area contributed by atoms with Crippen molar-refractivity contribution in [1.29, 1.82) is 0 Å². The molecule has 0 bridgehead atoms. The molecular formula is C9H12BF3KN. The molecule has 0 N–H and O–H groups in total. The van der Waals surface area contributed by atoms with Crippen molar-refractivity contribution < 1.29 is 64.3 Å². The van der Waals surface area contributed by atoms with Gasteiger partial charge < -0.3 is 12.9 Å². The summed E-state index contributed by atoms with van der Waals surface area (Å²) >= 11 is 0. The molecule has 0 saturated carbocycles. The second-order valence-electron chi connectivity index (χ2n) is 3.66. The Morgan fingerprint density at radius 1 is 1.27 bits per heavy atom. The van der Waals surface area contributed by atoms with Gasteiger partial charge in [-0.25, -0.2) is 0 Å². The van der Waals surface area contributed by atoms with Gasteiger partial charge in [0.05, 0.1) is 0 Å². The fourth-order valence-corrected chi connectivity index (χ4v) is 1.48. The van der Waals surface area contributed by atoms with Crippen LogP contribution in [0.15, 0.2) is 12.3 Å². The van der Waals surface area contributed by atoms with Gasteiger partial charge in [0.2, 0.25) is 0 Å². The summed E-state index contributed by atoms with van der Waals surface area (Å²) in [6.07, 6.45) is 1.43. The molecule has 0 aliphatic heterocycles. The number of hydrogen-bond acceptors (Lipinski definition) is 1. The second-order valence-corrected chi connectivity index (χ2v) is 3.66. The summed E-state index contributed by atoms with van der Waals surface area (Å²) in [7, 11) is 0. The van der Waals surface area contributed by atoms with E-state index in [0.29, 0.717) is 0 Å². The normalized spacial score (nSPS) is 11.4. The van der Waals surface area contributed by atoms with Crippen molar-refractivity contribution in [3.8, 4) is 0 Å². The topological polar surface area (TPSA) is 12.9 Å². The molecule has 15 heavy (non-hydrogen) atoms.